The van der Waals surface area contributed by atoms with E-state index in [4.69, 9.17) is 19.3 Å². The average Bonchev–Trinajstić information content (AvgIpc) is 3.56. The SMILES string of the molecule is CCOC(=O)[C@H]1O[C@@H]1C(=O)N(CC(=O)O)NC(=O)C(NC(=O)OCc1ccccc1)C(C)C. The van der Waals surface area contributed by atoms with Crippen molar-refractivity contribution in [2.45, 2.75) is 45.6 Å². The number of carbonyl (C=O) groups is 5. The van der Waals surface area contributed by atoms with Gasteiger partial charge in [-0.25, -0.2) is 14.6 Å². The summed E-state index contributed by atoms with van der Waals surface area (Å²) < 4.78 is 14.9. The summed E-state index contributed by atoms with van der Waals surface area (Å²) in [5.74, 6) is -4.38. The number of nitrogens with zero attached hydrogens (tertiary/aromatic N) is 1. The summed E-state index contributed by atoms with van der Waals surface area (Å²) in [6.07, 6.45) is -3.31. The monoisotopic (exact) mass is 465 g/mol. The van der Waals surface area contributed by atoms with E-state index in [1.165, 1.54) is 0 Å². The van der Waals surface area contributed by atoms with E-state index in [2.05, 4.69) is 10.7 Å². The van der Waals surface area contributed by atoms with Crippen molar-refractivity contribution in [2.24, 2.45) is 5.92 Å². The Balaban J connectivity index is 1.99. The molecule has 1 aliphatic rings. The second kappa shape index (κ2) is 11.8. The number of amides is 3. The molecular weight excluding hydrogens is 438 g/mol. The van der Waals surface area contributed by atoms with Crippen LogP contribution in [0.1, 0.15) is 26.3 Å². The van der Waals surface area contributed by atoms with Crippen LogP contribution >= 0.6 is 0 Å². The first kappa shape index (κ1) is 25.6. The van der Waals surface area contributed by atoms with E-state index in [0.29, 0.717) is 5.01 Å². The quantitative estimate of drug-likeness (QED) is 0.249. The highest BCUT2D eigenvalue weighted by molar-refractivity contribution is 5.95. The number of hydrogen-bond donors (Lipinski definition) is 3. The summed E-state index contributed by atoms with van der Waals surface area (Å²) in [5, 5.41) is 12.0. The van der Waals surface area contributed by atoms with Gasteiger partial charge in [0.15, 0.2) is 12.2 Å². The van der Waals surface area contributed by atoms with Gasteiger partial charge in [0, 0.05) is 0 Å². The number of alkyl carbamates (subject to hydrolysis) is 1. The van der Waals surface area contributed by atoms with Crippen molar-refractivity contribution in [3.05, 3.63) is 35.9 Å². The number of benzene rings is 1. The average molecular weight is 465 g/mol. The molecule has 3 N–H and O–H groups in total. The van der Waals surface area contributed by atoms with Gasteiger partial charge in [0.1, 0.15) is 19.2 Å². The van der Waals surface area contributed by atoms with Crippen LogP contribution in [0.2, 0.25) is 0 Å². The maximum Gasteiger partial charge on any atom is 0.408 e. The normalized spacial score (nSPS) is 17.5. The van der Waals surface area contributed by atoms with Crippen LogP contribution in [0.15, 0.2) is 30.3 Å². The van der Waals surface area contributed by atoms with Gasteiger partial charge < -0.3 is 24.6 Å². The summed E-state index contributed by atoms with van der Waals surface area (Å²) in [7, 11) is 0. The molecule has 3 amide bonds. The fourth-order valence-corrected chi connectivity index (χ4v) is 2.79. The standard InChI is InChI=1S/C21H27N3O9/c1-4-31-20(29)17-16(33-17)19(28)24(10-14(25)26)23-18(27)15(12(2)3)22-21(30)32-11-13-8-6-5-7-9-13/h5-9,12,15-17H,4,10-11H2,1-3H3,(H,22,30)(H,23,27)(H,25,26)/t15?,16-,17-/m0/s1. The van der Waals surface area contributed by atoms with Gasteiger partial charge in [0.2, 0.25) is 0 Å². The molecule has 0 aliphatic carbocycles. The predicted molar refractivity (Wildman–Crippen MR) is 111 cm³/mol. The second-order valence-electron chi connectivity index (χ2n) is 7.45. The first-order valence-corrected chi connectivity index (χ1v) is 10.3. The Morgan fingerprint density at radius 2 is 1.76 bits per heavy atom. The summed E-state index contributed by atoms with van der Waals surface area (Å²) in [6.45, 7) is 4.05. The van der Waals surface area contributed by atoms with Crippen LogP contribution in [0.3, 0.4) is 0 Å². The molecule has 0 aromatic heterocycles. The number of hydrazine groups is 1. The number of esters is 1. The third-order valence-corrected chi connectivity index (χ3v) is 4.49. The Hall–Kier alpha value is -3.67. The van der Waals surface area contributed by atoms with Crippen LogP contribution in [0.25, 0.3) is 0 Å². The van der Waals surface area contributed by atoms with Crippen molar-refractivity contribution in [1.82, 2.24) is 15.8 Å². The van der Waals surface area contributed by atoms with Gasteiger partial charge in [-0.1, -0.05) is 44.2 Å². The van der Waals surface area contributed by atoms with Gasteiger partial charge in [0.05, 0.1) is 6.61 Å². The van der Waals surface area contributed by atoms with Crippen molar-refractivity contribution in [3.8, 4) is 0 Å². The number of carbonyl (C=O) groups excluding carboxylic acids is 4. The Labute approximate surface area is 190 Å². The number of rotatable bonds is 10. The number of carboxylic acids is 1. The molecule has 33 heavy (non-hydrogen) atoms. The molecule has 1 heterocycles. The lowest BCUT2D eigenvalue weighted by molar-refractivity contribution is -0.151. The minimum atomic E-state index is -1.41. The number of carboxylic acid groups (broad SMARTS) is 1. The molecule has 12 nitrogen and oxygen atoms in total. The third kappa shape index (κ3) is 7.75. The predicted octanol–water partition coefficient (Wildman–Crippen LogP) is 0.212. The number of hydrogen-bond acceptors (Lipinski definition) is 8. The lowest BCUT2D eigenvalue weighted by Crippen LogP contribution is -2.57. The van der Waals surface area contributed by atoms with Crippen LogP contribution in [0, 0.1) is 5.92 Å². The minimum Gasteiger partial charge on any atom is -0.480 e. The van der Waals surface area contributed by atoms with Crippen molar-refractivity contribution in [1.29, 1.82) is 0 Å². The molecule has 3 atom stereocenters. The molecule has 1 aliphatic heterocycles. The van der Waals surface area contributed by atoms with E-state index >= 15 is 0 Å². The molecule has 180 valence electrons. The first-order valence-electron chi connectivity index (χ1n) is 10.3. The summed E-state index contributed by atoms with van der Waals surface area (Å²) in [5.41, 5.74) is 2.93. The maximum absolute atomic E-state index is 12.8. The van der Waals surface area contributed by atoms with Gasteiger partial charge in [-0.2, -0.15) is 0 Å². The van der Waals surface area contributed by atoms with E-state index in [0.717, 1.165) is 5.56 Å². The summed E-state index contributed by atoms with van der Waals surface area (Å²) in [4.78, 5) is 60.4. The molecule has 12 heteroatoms. The highest BCUT2D eigenvalue weighted by atomic mass is 16.6. The molecule has 1 fully saturated rings. The Morgan fingerprint density at radius 3 is 2.33 bits per heavy atom. The van der Waals surface area contributed by atoms with Crippen molar-refractivity contribution in [3.63, 3.8) is 0 Å². The zero-order valence-electron chi connectivity index (χ0n) is 18.5. The lowest BCUT2D eigenvalue weighted by atomic mass is 10.0. The van der Waals surface area contributed by atoms with Crippen LogP contribution in [0.5, 0.6) is 0 Å². The zero-order chi connectivity index (χ0) is 24.5. The van der Waals surface area contributed by atoms with Crippen LogP contribution < -0.4 is 10.7 Å². The van der Waals surface area contributed by atoms with Gasteiger partial charge in [-0.05, 0) is 18.4 Å². The zero-order valence-corrected chi connectivity index (χ0v) is 18.5. The first-order chi connectivity index (χ1) is 15.6. The molecule has 0 saturated carbocycles. The largest absolute Gasteiger partial charge is 0.480 e. The van der Waals surface area contributed by atoms with Gasteiger partial charge in [-0.3, -0.25) is 19.8 Å². The second-order valence-corrected chi connectivity index (χ2v) is 7.45. The number of ether oxygens (including phenoxy) is 3. The number of aliphatic carboxylic acids is 1. The minimum absolute atomic E-state index is 0.0169. The van der Waals surface area contributed by atoms with Crippen LogP contribution in [0.4, 0.5) is 4.79 Å². The summed E-state index contributed by atoms with van der Waals surface area (Å²) in [6, 6.07) is 7.76. The van der Waals surface area contributed by atoms with Crippen molar-refractivity contribution >= 4 is 29.8 Å². The molecule has 1 saturated heterocycles. The summed E-state index contributed by atoms with van der Waals surface area (Å²) >= 11 is 0. The Morgan fingerprint density at radius 1 is 1.09 bits per heavy atom. The third-order valence-electron chi connectivity index (χ3n) is 4.49. The lowest BCUT2D eigenvalue weighted by Gasteiger charge is -2.26. The smallest absolute Gasteiger partial charge is 0.408 e. The van der Waals surface area contributed by atoms with Crippen molar-refractivity contribution < 1.29 is 43.3 Å². The number of epoxide rings is 1. The van der Waals surface area contributed by atoms with E-state index in [1.54, 1.807) is 45.0 Å². The topological polar surface area (TPSA) is 164 Å². The molecule has 1 aromatic carbocycles. The number of nitrogens with one attached hydrogen (secondary N) is 2. The van der Waals surface area contributed by atoms with E-state index in [1.807, 2.05) is 6.07 Å². The fraction of sp³-hybridized carbons (Fsp3) is 0.476. The van der Waals surface area contributed by atoms with Gasteiger partial charge in [-0.15, -0.1) is 0 Å². The molecule has 0 bridgehead atoms. The maximum atomic E-state index is 12.8. The molecule has 1 unspecified atom stereocenters. The van der Waals surface area contributed by atoms with Gasteiger partial charge in [0.25, 0.3) is 11.8 Å². The van der Waals surface area contributed by atoms with E-state index < -0.39 is 60.6 Å². The molecule has 0 spiro atoms. The van der Waals surface area contributed by atoms with E-state index in [-0.39, 0.29) is 13.2 Å². The highest BCUT2D eigenvalue weighted by Gasteiger charge is 2.53. The molecule has 0 radical (unpaired) electrons. The van der Waals surface area contributed by atoms with Crippen LogP contribution in [-0.2, 0) is 40.0 Å². The molecular formula is C21H27N3O9. The molecule has 2 rings (SSSR count). The van der Waals surface area contributed by atoms with Gasteiger partial charge >= 0.3 is 18.0 Å². The molecule has 1 aromatic rings. The fourth-order valence-electron chi connectivity index (χ4n) is 2.79. The highest BCUT2D eigenvalue weighted by Crippen LogP contribution is 2.25. The Bertz CT molecular complexity index is 875. The van der Waals surface area contributed by atoms with Crippen molar-refractivity contribution in [2.75, 3.05) is 13.2 Å². The van der Waals surface area contributed by atoms with E-state index in [9.17, 15) is 24.0 Å². The van der Waals surface area contributed by atoms with Crippen LogP contribution in [-0.4, -0.2) is 71.4 Å². The Kier molecular flexibility index (Phi) is 9.16.